The Morgan fingerprint density at radius 2 is 2.13 bits per heavy atom. The summed E-state index contributed by atoms with van der Waals surface area (Å²) in [5, 5.41) is 8.76. The zero-order valence-corrected chi connectivity index (χ0v) is 8.83. The van der Waals surface area contributed by atoms with Crippen LogP contribution in [0.2, 0.25) is 0 Å². The van der Waals surface area contributed by atoms with Gasteiger partial charge < -0.3 is 9.94 Å². The minimum atomic E-state index is -3.98. The third kappa shape index (κ3) is 4.32. The van der Waals surface area contributed by atoms with Crippen LogP contribution in [0.3, 0.4) is 0 Å². The Morgan fingerprint density at radius 1 is 1.40 bits per heavy atom. The van der Waals surface area contributed by atoms with E-state index in [1.165, 1.54) is 6.26 Å². The second kappa shape index (κ2) is 5.15. The van der Waals surface area contributed by atoms with Gasteiger partial charge in [-0.2, -0.15) is 8.42 Å². The SMILES string of the molecule is O=S(=O)(O)CCC1=C(CCO)C=CON1. The van der Waals surface area contributed by atoms with Gasteiger partial charge in [0.1, 0.15) is 6.26 Å². The highest BCUT2D eigenvalue weighted by atomic mass is 32.2. The molecule has 7 heteroatoms. The Kier molecular flexibility index (Phi) is 4.13. The molecule has 0 atom stereocenters. The second-order valence-corrected chi connectivity index (χ2v) is 4.61. The molecule has 0 saturated heterocycles. The molecule has 0 amide bonds. The largest absolute Gasteiger partial charge is 0.396 e. The molecule has 0 unspecified atom stereocenters. The number of hydrogen-bond donors (Lipinski definition) is 3. The Morgan fingerprint density at radius 3 is 2.73 bits per heavy atom. The molecule has 15 heavy (non-hydrogen) atoms. The number of allylic oxidation sites excluding steroid dienone is 2. The van der Waals surface area contributed by atoms with Gasteiger partial charge in [0.05, 0.1) is 11.4 Å². The van der Waals surface area contributed by atoms with Crippen molar-refractivity contribution >= 4 is 10.1 Å². The molecule has 1 rings (SSSR count). The molecule has 0 aromatic rings. The van der Waals surface area contributed by atoms with Crippen LogP contribution >= 0.6 is 0 Å². The van der Waals surface area contributed by atoms with Crippen LogP contribution in [0.4, 0.5) is 0 Å². The predicted molar refractivity (Wildman–Crippen MR) is 53.1 cm³/mol. The molecule has 0 fully saturated rings. The van der Waals surface area contributed by atoms with Gasteiger partial charge in [-0.3, -0.25) is 4.55 Å². The Bertz CT molecular complexity index is 370. The summed E-state index contributed by atoms with van der Waals surface area (Å²) in [6.45, 7) is -0.0310. The van der Waals surface area contributed by atoms with Crippen LogP contribution in [-0.2, 0) is 15.0 Å². The van der Waals surface area contributed by atoms with Crippen LogP contribution in [0.5, 0.6) is 0 Å². The summed E-state index contributed by atoms with van der Waals surface area (Å²) in [7, 11) is -3.98. The van der Waals surface area contributed by atoms with Crippen molar-refractivity contribution in [2.45, 2.75) is 12.8 Å². The van der Waals surface area contributed by atoms with E-state index in [2.05, 4.69) is 5.48 Å². The van der Waals surface area contributed by atoms with Crippen LogP contribution < -0.4 is 5.48 Å². The summed E-state index contributed by atoms with van der Waals surface area (Å²) in [6, 6.07) is 0. The van der Waals surface area contributed by atoms with Gasteiger partial charge in [0.2, 0.25) is 0 Å². The number of rotatable bonds is 5. The molecule has 0 saturated carbocycles. The van der Waals surface area contributed by atoms with Crippen molar-refractivity contribution in [3.8, 4) is 0 Å². The molecular weight excluding hydrogens is 222 g/mol. The lowest BCUT2D eigenvalue weighted by atomic mass is 10.1. The molecule has 0 bridgehead atoms. The fraction of sp³-hybridized carbons (Fsp3) is 0.500. The lowest BCUT2D eigenvalue weighted by Gasteiger charge is -2.16. The fourth-order valence-electron chi connectivity index (χ4n) is 1.18. The van der Waals surface area contributed by atoms with E-state index in [1.54, 1.807) is 6.08 Å². The molecule has 1 aliphatic rings. The van der Waals surface area contributed by atoms with E-state index in [1.807, 2.05) is 0 Å². The topological polar surface area (TPSA) is 95.9 Å². The van der Waals surface area contributed by atoms with Crippen molar-refractivity contribution < 1.29 is 22.9 Å². The molecule has 0 aromatic carbocycles. The first-order valence-corrected chi connectivity index (χ1v) is 6.00. The van der Waals surface area contributed by atoms with Crippen LogP contribution in [0.25, 0.3) is 0 Å². The van der Waals surface area contributed by atoms with Crippen LogP contribution in [0, 0.1) is 0 Å². The van der Waals surface area contributed by atoms with Gasteiger partial charge in [0.25, 0.3) is 10.1 Å². The van der Waals surface area contributed by atoms with Crippen molar-refractivity contribution in [3.05, 3.63) is 23.6 Å². The number of hydrogen-bond acceptors (Lipinski definition) is 5. The maximum absolute atomic E-state index is 10.5. The highest BCUT2D eigenvalue weighted by Crippen LogP contribution is 2.15. The summed E-state index contributed by atoms with van der Waals surface area (Å²) in [5.41, 5.74) is 3.86. The van der Waals surface area contributed by atoms with E-state index in [0.717, 1.165) is 5.57 Å². The lowest BCUT2D eigenvalue weighted by molar-refractivity contribution is 0.153. The number of nitrogens with one attached hydrogen (secondary N) is 1. The third-order valence-corrected chi connectivity index (χ3v) is 2.62. The van der Waals surface area contributed by atoms with Crippen molar-refractivity contribution in [1.29, 1.82) is 0 Å². The highest BCUT2D eigenvalue weighted by molar-refractivity contribution is 7.85. The minimum absolute atomic E-state index is 0.0310. The summed E-state index contributed by atoms with van der Waals surface area (Å²) in [5.74, 6) is -0.374. The van der Waals surface area contributed by atoms with E-state index in [4.69, 9.17) is 14.5 Å². The van der Waals surface area contributed by atoms with Crippen molar-refractivity contribution in [3.63, 3.8) is 0 Å². The lowest BCUT2D eigenvalue weighted by Crippen LogP contribution is -2.19. The van der Waals surface area contributed by atoms with Crippen LogP contribution in [0.15, 0.2) is 23.6 Å². The van der Waals surface area contributed by atoms with Gasteiger partial charge in [-0.1, -0.05) is 0 Å². The van der Waals surface area contributed by atoms with E-state index in [-0.39, 0.29) is 18.8 Å². The average Bonchev–Trinajstić information content (AvgIpc) is 2.16. The summed E-state index contributed by atoms with van der Waals surface area (Å²) in [6.07, 6.45) is 3.58. The Hall–Kier alpha value is -1.05. The zero-order chi connectivity index (χ0) is 11.3. The Balaban J connectivity index is 2.67. The maximum Gasteiger partial charge on any atom is 0.265 e. The summed E-state index contributed by atoms with van der Waals surface area (Å²) in [4.78, 5) is 4.78. The van der Waals surface area contributed by atoms with Gasteiger partial charge in [-0.15, -0.1) is 0 Å². The molecule has 6 nitrogen and oxygen atoms in total. The monoisotopic (exact) mass is 235 g/mol. The summed E-state index contributed by atoms with van der Waals surface area (Å²) >= 11 is 0. The third-order valence-electron chi connectivity index (χ3n) is 1.90. The molecule has 3 N–H and O–H groups in total. The number of aliphatic hydroxyl groups excluding tert-OH is 1. The second-order valence-electron chi connectivity index (χ2n) is 3.04. The Labute approximate surface area is 87.9 Å². The maximum atomic E-state index is 10.5. The molecule has 86 valence electrons. The van der Waals surface area contributed by atoms with E-state index in [0.29, 0.717) is 12.1 Å². The van der Waals surface area contributed by atoms with Crippen molar-refractivity contribution in [2.24, 2.45) is 0 Å². The predicted octanol–water partition coefficient (Wildman–Crippen LogP) is -0.0507. The average molecular weight is 235 g/mol. The molecule has 0 aliphatic carbocycles. The van der Waals surface area contributed by atoms with Gasteiger partial charge in [0.15, 0.2) is 0 Å². The quantitative estimate of drug-likeness (QED) is 0.578. The molecule has 0 aromatic heterocycles. The first-order valence-electron chi connectivity index (χ1n) is 4.39. The smallest absolute Gasteiger partial charge is 0.265 e. The van der Waals surface area contributed by atoms with E-state index < -0.39 is 10.1 Å². The van der Waals surface area contributed by atoms with Crippen molar-refractivity contribution in [1.82, 2.24) is 5.48 Å². The van der Waals surface area contributed by atoms with Gasteiger partial charge >= 0.3 is 0 Å². The standard InChI is InChI=1S/C8H13NO5S/c10-4-1-7-2-5-14-9-8(7)3-6-15(11,12)13/h2,5,9-10H,1,3-4,6H2,(H,11,12,13). The molecule has 0 spiro atoms. The fourth-order valence-corrected chi connectivity index (χ4v) is 1.65. The van der Waals surface area contributed by atoms with E-state index >= 15 is 0 Å². The first kappa shape index (κ1) is 12.0. The van der Waals surface area contributed by atoms with Crippen LogP contribution in [-0.4, -0.2) is 30.4 Å². The molecular formula is C8H13NO5S. The zero-order valence-electron chi connectivity index (χ0n) is 8.01. The first-order chi connectivity index (χ1) is 7.03. The normalized spacial score (nSPS) is 16.1. The van der Waals surface area contributed by atoms with Gasteiger partial charge in [-0.25, -0.2) is 5.48 Å². The van der Waals surface area contributed by atoms with Crippen molar-refractivity contribution in [2.75, 3.05) is 12.4 Å². The van der Waals surface area contributed by atoms with Gasteiger partial charge in [0, 0.05) is 13.0 Å². The van der Waals surface area contributed by atoms with Crippen LogP contribution in [0.1, 0.15) is 12.8 Å². The highest BCUT2D eigenvalue weighted by Gasteiger charge is 2.12. The summed E-state index contributed by atoms with van der Waals surface area (Å²) < 4.78 is 29.6. The van der Waals surface area contributed by atoms with Gasteiger partial charge in [-0.05, 0) is 18.1 Å². The molecule has 0 radical (unpaired) electrons. The number of aliphatic hydroxyl groups is 1. The molecule has 1 heterocycles. The minimum Gasteiger partial charge on any atom is -0.396 e. The molecule has 1 aliphatic heterocycles. The number of hydroxylamine groups is 1. The van der Waals surface area contributed by atoms with E-state index in [9.17, 15) is 8.42 Å².